The molecule has 8 heteroatoms. The molecular weight excluding hydrogens is 416 g/mol. The third kappa shape index (κ3) is 3.18. The Morgan fingerprint density at radius 1 is 1.13 bits per heavy atom. The largest absolute Gasteiger partial charge is 0.333 e. The molecule has 4 aromatic heterocycles. The molecule has 0 saturated heterocycles. The Labute approximate surface area is 180 Å². The minimum absolute atomic E-state index is 0.0591. The number of nitrogens with zero attached hydrogens (tertiary/aromatic N) is 4. The Balaban J connectivity index is 1.55. The molecule has 0 radical (unpaired) electrons. The molecule has 0 N–H and O–H groups in total. The lowest BCUT2D eigenvalue weighted by atomic mass is 10.1. The highest BCUT2D eigenvalue weighted by atomic mass is 32.1. The zero-order chi connectivity index (χ0) is 20.8. The average Bonchev–Trinajstić information content (AvgIpc) is 3.46. The summed E-state index contributed by atoms with van der Waals surface area (Å²) in [5.74, 6) is 0.968. The molecule has 1 aromatic carbocycles. The molecule has 0 fully saturated rings. The van der Waals surface area contributed by atoms with Gasteiger partial charge >= 0.3 is 0 Å². The minimum atomic E-state index is -0.0591. The fourth-order valence-electron chi connectivity index (χ4n) is 3.40. The highest BCUT2D eigenvalue weighted by molar-refractivity contribution is 7.22. The van der Waals surface area contributed by atoms with Crippen molar-refractivity contribution < 1.29 is 4.52 Å². The molecule has 4 heterocycles. The van der Waals surface area contributed by atoms with Gasteiger partial charge in [0.15, 0.2) is 0 Å². The minimum Gasteiger partial charge on any atom is -0.333 e. The van der Waals surface area contributed by atoms with E-state index in [1.165, 1.54) is 22.5 Å². The van der Waals surface area contributed by atoms with Crippen molar-refractivity contribution >= 4 is 32.9 Å². The topological polar surface area (TPSA) is 73.8 Å². The van der Waals surface area contributed by atoms with Crippen LogP contribution in [0.2, 0.25) is 0 Å². The number of aryl methyl sites for hydroxylation is 3. The first-order valence-corrected chi connectivity index (χ1v) is 11.1. The van der Waals surface area contributed by atoms with E-state index in [1.807, 2.05) is 24.4 Å². The van der Waals surface area contributed by atoms with E-state index < -0.39 is 0 Å². The van der Waals surface area contributed by atoms with Crippen molar-refractivity contribution in [3.63, 3.8) is 0 Å². The number of rotatable bonds is 4. The summed E-state index contributed by atoms with van der Waals surface area (Å²) in [5.41, 5.74) is 4.28. The van der Waals surface area contributed by atoms with Crippen molar-refractivity contribution in [3.05, 3.63) is 74.6 Å². The lowest BCUT2D eigenvalue weighted by Gasteiger charge is -2.08. The van der Waals surface area contributed by atoms with Crippen LogP contribution < -0.4 is 5.56 Å². The van der Waals surface area contributed by atoms with Crippen LogP contribution in [0.5, 0.6) is 0 Å². The van der Waals surface area contributed by atoms with E-state index in [4.69, 9.17) is 4.52 Å². The van der Waals surface area contributed by atoms with Crippen molar-refractivity contribution in [2.45, 2.75) is 27.3 Å². The van der Waals surface area contributed by atoms with Gasteiger partial charge in [-0.2, -0.15) is 4.98 Å². The van der Waals surface area contributed by atoms with Gasteiger partial charge in [-0.3, -0.25) is 9.36 Å². The molecule has 0 aliphatic heterocycles. The highest BCUT2D eigenvalue weighted by Crippen LogP contribution is 2.36. The molecule has 150 valence electrons. The van der Waals surface area contributed by atoms with E-state index in [0.717, 1.165) is 20.9 Å². The van der Waals surface area contributed by atoms with Gasteiger partial charge < -0.3 is 4.52 Å². The number of hydrogen-bond acceptors (Lipinski definition) is 7. The predicted molar refractivity (Wildman–Crippen MR) is 120 cm³/mol. The third-order valence-electron chi connectivity index (χ3n) is 5.20. The van der Waals surface area contributed by atoms with Crippen molar-refractivity contribution in [2.75, 3.05) is 0 Å². The maximum absolute atomic E-state index is 13.2. The van der Waals surface area contributed by atoms with Crippen LogP contribution in [0.15, 0.2) is 51.4 Å². The second-order valence-electron chi connectivity index (χ2n) is 7.23. The summed E-state index contributed by atoms with van der Waals surface area (Å²) in [4.78, 5) is 24.7. The van der Waals surface area contributed by atoms with E-state index in [-0.39, 0.29) is 5.56 Å². The fraction of sp³-hybridized carbons (Fsp3) is 0.182. The van der Waals surface area contributed by atoms with Crippen molar-refractivity contribution in [3.8, 4) is 21.5 Å². The normalized spacial score (nSPS) is 11.4. The Hall–Kier alpha value is -3.10. The monoisotopic (exact) mass is 434 g/mol. The lowest BCUT2D eigenvalue weighted by molar-refractivity contribution is 0.433. The van der Waals surface area contributed by atoms with Gasteiger partial charge in [-0.25, -0.2) is 4.98 Å². The van der Waals surface area contributed by atoms with Crippen LogP contribution in [0.1, 0.15) is 22.3 Å². The molecule has 0 atom stereocenters. The lowest BCUT2D eigenvalue weighted by Crippen LogP contribution is -2.21. The molecule has 0 bridgehead atoms. The number of thiophene rings is 2. The number of hydrogen-bond donors (Lipinski definition) is 0. The maximum Gasteiger partial charge on any atom is 0.268 e. The fourth-order valence-corrected chi connectivity index (χ4v) is 5.11. The zero-order valence-corrected chi connectivity index (χ0v) is 18.3. The Bertz CT molecular complexity index is 1430. The standard InChI is InChI=1S/C22H18N4O2S2/c1-12-6-7-15(9-13(12)2)10-26-11-23-21-17(22(26)27)14(3)18(30-21)20-24-19(25-28-20)16-5-4-8-29-16/h4-9,11H,10H2,1-3H3. The van der Waals surface area contributed by atoms with Crippen LogP contribution in [-0.2, 0) is 6.54 Å². The van der Waals surface area contributed by atoms with Crippen LogP contribution in [0.4, 0.5) is 0 Å². The van der Waals surface area contributed by atoms with Gasteiger partial charge in [0.2, 0.25) is 5.82 Å². The van der Waals surface area contributed by atoms with Crippen LogP contribution in [0.25, 0.3) is 31.7 Å². The molecule has 0 aliphatic rings. The SMILES string of the molecule is Cc1ccc(Cn2cnc3sc(-c4nc(-c5cccs5)no4)c(C)c3c2=O)cc1C. The first-order valence-electron chi connectivity index (χ1n) is 9.44. The highest BCUT2D eigenvalue weighted by Gasteiger charge is 2.20. The van der Waals surface area contributed by atoms with Gasteiger partial charge in [-0.15, -0.1) is 22.7 Å². The summed E-state index contributed by atoms with van der Waals surface area (Å²) in [7, 11) is 0. The summed E-state index contributed by atoms with van der Waals surface area (Å²) < 4.78 is 7.15. The van der Waals surface area contributed by atoms with Crippen LogP contribution >= 0.6 is 22.7 Å². The van der Waals surface area contributed by atoms with Crippen LogP contribution in [0, 0.1) is 20.8 Å². The summed E-state index contributed by atoms with van der Waals surface area (Å²) in [6.45, 7) is 6.55. The Kier molecular flexibility index (Phi) is 4.60. The van der Waals surface area contributed by atoms with Crippen LogP contribution in [0.3, 0.4) is 0 Å². The maximum atomic E-state index is 13.2. The van der Waals surface area contributed by atoms with Crippen molar-refractivity contribution in [2.24, 2.45) is 0 Å². The van der Waals surface area contributed by atoms with Gasteiger partial charge in [0.05, 0.1) is 28.0 Å². The second kappa shape index (κ2) is 7.30. The summed E-state index contributed by atoms with van der Waals surface area (Å²) in [5, 5.41) is 6.66. The summed E-state index contributed by atoms with van der Waals surface area (Å²) >= 11 is 2.96. The summed E-state index contributed by atoms with van der Waals surface area (Å²) in [6.07, 6.45) is 1.62. The predicted octanol–water partition coefficient (Wildman–Crippen LogP) is 5.21. The molecule has 0 saturated carbocycles. The zero-order valence-electron chi connectivity index (χ0n) is 16.7. The number of aromatic nitrogens is 4. The van der Waals surface area contributed by atoms with E-state index in [9.17, 15) is 4.79 Å². The van der Waals surface area contributed by atoms with Gasteiger partial charge in [-0.1, -0.05) is 29.4 Å². The van der Waals surface area contributed by atoms with Crippen LogP contribution in [-0.4, -0.2) is 19.7 Å². The van der Waals surface area contributed by atoms with Gasteiger partial charge in [-0.05, 0) is 54.5 Å². The van der Waals surface area contributed by atoms with Gasteiger partial charge in [0.1, 0.15) is 4.83 Å². The summed E-state index contributed by atoms with van der Waals surface area (Å²) in [6, 6.07) is 10.1. The first-order chi connectivity index (χ1) is 14.5. The van der Waals surface area contributed by atoms with Gasteiger partial charge in [0, 0.05) is 0 Å². The smallest absolute Gasteiger partial charge is 0.268 e. The Morgan fingerprint density at radius 2 is 2.00 bits per heavy atom. The first kappa shape index (κ1) is 18.9. The molecule has 0 amide bonds. The third-order valence-corrected chi connectivity index (χ3v) is 7.26. The van der Waals surface area contributed by atoms with E-state index >= 15 is 0 Å². The second-order valence-corrected chi connectivity index (χ2v) is 9.18. The van der Waals surface area contributed by atoms with Crippen molar-refractivity contribution in [1.29, 1.82) is 0 Å². The van der Waals surface area contributed by atoms with Gasteiger partial charge in [0.25, 0.3) is 11.4 Å². The molecule has 30 heavy (non-hydrogen) atoms. The molecule has 5 rings (SSSR count). The number of benzene rings is 1. The molecule has 5 aromatic rings. The molecule has 0 aliphatic carbocycles. The molecule has 6 nitrogen and oxygen atoms in total. The van der Waals surface area contributed by atoms with E-state index in [1.54, 1.807) is 22.2 Å². The van der Waals surface area contributed by atoms with Crippen molar-refractivity contribution in [1.82, 2.24) is 19.7 Å². The van der Waals surface area contributed by atoms with E-state index in [2.05, 4.69) is 47.2 Å². The Morgan fingerprint density at radius 3 is 2.77 bits per heavy atom. The number of fused-ring (bicyclic) bond motifs is 1. The molecule has 0 spiro atoms. The molecule has 0 unspecified atom stereocenters. The average molecular weight is 435 g/mol. The molecular formula is C22H18N4O2S2. The quantitative estimate of drug-likeness (QED) is 0.388. The van der Waals surface area contributed by atoms with E-state index in [0.29, 0.717) is 28.5 Å².